The highest BCUT2D eigenvalue weighted by Gasteiger charge is 2.36. The summed E-state index contributed by atoms with van der Waals surface area (Å²) >= 11 is 6.17. The van der Waals surface area contributed by atoms with E-state index in [1.807, 2.05) is 6.92 Å². The Kier molecular flexibility index (Phi) is 6.79. The largest absolute Gasteiger partial charge is 0.546 e. The third-order valence-electron chi connectivity index (χ3n) is 4.60. The zero-order valence-electron chi connectivity index (χ0n) is 17.1. The molecule has 0 saturated carbocycles. The number of nitrogens with zero attached hydrogens (tertiary/aromatic N) is 1. The summed E-state index contributed by atoms with van der Waals surface area (Å²) in [4.78, 5) is 49.2. The van der Waals surface area contributed by atoms with Crippen molar-refractivity contribution in [1.82, 2.24) is 5.32 Å². The van der Waals surface area contributed by atoms with Crippen LogP contribution in [0.1, 0.15) is 18.1 Å². The van der Waals surface area contributed by atoms with Gasteiger partial charge in [0.1, 0.15) is 12.2 Å². The van der Waals surface area contributed by atoms with Crippen LogP contribution < -0.4 is 24.8 Å². The predicted octanol–water partition coefficient (Wildman–Crippen LogP) is 1.71. The SMILES string of the molecule is CCc1ccc(N2C(=O)NC(=O)/C(=C\c3cc(Cl)c(OCC(=O)[O-])c(OC)c3)C2=O)cc1. The van der Waals surface area contributed by atoms with E-state index in [2.05, 4.69) is 5.32 Å². The van der Waals surface area contributed by atoms with Crippen molar-refractivity contribution < 1.29 is 33.8 Å². The van der Waals surface area contributed by atoms with Crippen LogP contribution in [0, 0.1) is 0 Å². The van der Waals surface area contributed by atoms with Crippen molar-refractivity contribution in [1.29, 1.82) is 0 Å². The fourth-order valence-electron chi connectivity index (χ4n) is 3.03. The first-order valence-electron chi connectivity index (χ1n) is 9.45. The third-order valence-corrected chi connectivity index (χ3v) is 4.88. The molecule has 0 aromatic heterocycles. The summed E-state index contributed by atoms with van der Waals surface area (Å²) in [6.45, 7) is 1.23. The quantitative estimate of drug-likeness (QED) is 0.495. The van der Waals surface area contributed by atoms with E-state index in [0.29, 0.717) is 11.3 Å². The number of carboxylic acids is 1. The molecule has 0 aliphatic carbocycles. The number of methoxy groups -OCH3 is 1. The maximum atomic E-state index is 13.0. The molecule has 0 radical (unpaired) electrons. The lowest BCUT2D eigenvalue weighted by molar-refractivity contribution is -0.307. The van der Waals surface area contributed by atoms with Crippen molar-refractivity contribution >= 4 is 47.2 Å². The number of rotatable bonds is 7. The van der Waals surface area contributed by atoms with E-state index >= 15 is 0 Å². The van der Waals surface area contributed by atoms with Crippen LogP contribution >= 0.6 is 11.6 Å². The Bertz CT molecular complexity index is 1130. The van der Waals surface area contributed by atoms with Crippen molar-refractivity contribution in [2.75, 3.05) is 18.6 Å². The molecule has 2 aromatic rings. The number of carboxylic acid groups (broad SMARTS) is 1. The number of halogens is 1. The van der Waals surface area contributed by atoms with Crippen molar-refractivity contribution in [2.45, 2.75) is 13.3 Å². The van der Waals surface area contributed by atoms with E-state index in [0.717, 1.165) is 16.9 Å². The van der Waals surface area contributed by atoms with Gasteiger partial charge in [0, 0.05) is 0 Å². The Balaban J connectivity index is 1.98. The fraction of sp³-hybridized carbons (Fsp3) is 0.182. The molecule has 1 fully saturated rings. The first-order valence-corrected chi connectivity index (χ1v) is 9.83. The average molecular weight is 458 g/mol. The molecule has 1 saturated heterocycles. The minimum Gasteiger partial charge on any atom is -0.546 e. The normalized spacial score (nSPS) is 15.0. The number of aliphatic carboxylic acids is 1. The van der Waals surface area contributed by atoms with Crippen LogP contribution in [0.15, 0.2) is 42.0 Å². The van der Waals surface area contributed by atoms with Gasteiger partial charge in [0.25, 0.3) is 11.8 Å². The molecule has 10 heteroatoms. The number of imide groups is 2. The van der Waals surface area contributed by atoms with Gasteiger partial charge in [-0.1, -0.05) is 30.7 Å². The van der Waals surface area contributed by atoms with Gasteiger partial charge in [-0.15, -0.1) is 0 Å². The van der Waals surface area contributed by atoms with Crippen molar-refractivity contribution in [2.24, 2.45) is 0 Å². The number of hydrogen-bond acceptors (Lipinski definition) is 7. The first kappa shape index (κ1) is 22.8. The number of urea groups is 1. The molecular weight excluding hydrogens is 440 g/mol. The Hall–Kier alpha value is -3.85. The van der Waals surface area contributed by atoms with Gasteiger partial charge in [0.05, 0.1) is 23.8 Å². The van der Waals surface area contributed by atoms with Crippen LogP contribution in [0.5, 0.6) is 11.5 Å². The summed E-state index contributed by atoms with van der Waals surface area (Å²) in [5, 5.41) is 12.8. The maximum Gasteiger partial charge on any atom is 0.335 e. The molecule has 0 spiro atoms. The Morgan fingerprint density at radius 2 is 1.88 bits per heavy atom. The molecule has 4 amide bonds. The fourth-order valence-corrected chi connectivity index (χ4v) is 3.31. The molecule has 3 rings (SSSR count). The number of aryl methyl sites for hydroxylation is 1. The molecular formula is C22H18ClN2O7-. The van der Waals surface area contributed by atoms with Gasteiger partial charge in [0.2, 0.25) is 0 Å². The summed E-state index contributed by atoms with van der Waals surface area (Å²) in [6, 6.07) is 8.71. The first-order chi connectivity index (χ1) is 15.2. The van der Waals surface area contributed by atoms with Gasteiger partial charge in [-0.2, -0.15) is 0 Å². The monoisotopic (exact) mass is 457 g/mol. The number of benzene rings is 2. The molecule has 9 nitrogen and oxygen atoms in total. The van der Waals surface area contributed by atoms with Crippen molar-refractivity contribution in [3.8, 4) is 11.5 Å². The van der Waals surface area contributed by atoms with Gasteiger partial charge < -0.3 is 19.4 Å². The van der Waals surface area contributed by atoms with Gasteiger partial charge >= 0.3 is 6.03 Å². The van der Waals surface area contributed by atoms with E-state index in [9.17, 15) is 24.3 Å². The average Bonchev–Trinajstić information content (AvgIpc) is 2.75. The van der Waals surface area contributed by atoms with Crippen LogP contribution in [-0.2, 0) is 20.8 Å². The van der Waals surface area contributed by atoms with E-state index < -0.39 is 30.4 Å². The highest BCUT2D eigenvalue weighted by Crippen LogP contribution is 2.37. The number of nitrogens with one attached hydrogen (secondary N) is 1. The molecule has 1 aliphatic rings. The highest BCUT2D eigenvalue weighted by molar-refractivity contribution is 6.39. The van der Waals surface area contributed by atoms with Gasteiger partial charge in [-0.05, 0) is 47.9 Å². The van der Waals surface area contributed by atoms with Crippen LogP contribution in [0.3, 0.4) is 0 Å². The summed E-state index contributed by atoms with van der Waals surface area (Å²) in [5.41, 5.74) is 1.32. The zero-order chi connectivity index (χ0) is 23.4. The van der Waals surface area contributed by atoms with E-state index in [-0.39, 0.29) is 22.1 Å². The zero-order valence-corrected chi connectivity index (χ0v) is 17.9. The second kappa shape index (κ2) is 9.52. The second-order valence-electron chi connectivity index (χ2n) is 6.67. The molecule has 166 valence electrons. The van der Waals surface area contributed by atoms with E-state index in [4.69, 9.17) is 21.1 Å². The third kappa shape index (κ3) is 4.73. The summed E-state index contributed by atoms with van der Waals surface area (Å²) in [7, 11) is 1.31. The predicted molar refractivity (Wildman–Crippen MR) is 113 cm³/mol. The standard InChI is InChI=1S/C22H19ClN2O7/c1-3-12-4-6-14(7-5-12)25-21(29)15(20(28)24-22(25)30)8-13-9-16(23)19(17(10-13)31-2)32-11-18(26)27/h4-10H,3,11H2,1-2H3,(H,26,27)(H,24,28,30)/p-1/b15-8+. The molecule has 1 heterocycles. The molecule has 0 unspecified atom stereocenters. The van der Waals surface area contributed by atoms with Crippen LogP contribution in [0.2, 0.25) is 5.02 Å². The minimum atomic E-state index is -1.45. The van der Waals surface area contributed by atoms with Gasteiger partial charge in [-0.3, -0.25) is 14.9 Å². The smallest absolute Gasteiger partial charge is 0.335 e. The maximum absolute atomic E-state index is 13.0. The second-order valence-corrected chi connectivity index (χ2v) is 7.08. The highest BCUT2D eigenvalue weighted by atomic mass is 35.5. The molecule has 0 bridgehead atoms. The number of carbonyl (C=O) groups is 4. The molecule has 0 atom stereocenters. The molecule has 32 heavy (non-hydrogen) atoms. The van der Waals surface area contributed by atoms with Crippen molar-refractivity contribution in [3.05, 3.63) is 58.1 Å². The number of hydrogen-bond donors (Lipinski definition) is 1. The lowest BCUT2D eigenvalue weighted by Gasteiger charge is -2.26. The van der Waals surface area contributed by atoms with Gasteiger partial charge in [0.15, 0.2) is 11.5 Å². The van der Waals surface area contributed by atoms with E-state index in [1.165, 1.54) is 25.3 Å². The number of carbonyl (C=O) groups excluding carboxylic acids is 4. The lowest BCUT2D eigenvalue weighted by atomic mass is 10.1. The molecule has 2 aromatic carbocycles. The topological polar surface area (TPSA) is 125 Å². The van der Waals surface area contributed by atoms with Crippen LogP contribution in [0.4, 0.5) is 10.5 Å². The Morgan fingerprint density at radius 3 is 2.47 bits per heavy atom. The van der Waals surface area contributed by atoms with Crippen molar-refractivity contribution in [3.63, 3.8) is 0 Å². The number of anilines is 1. The molecule has 1 N–H and O–H groups in total. The summed E-state index contributed by atoms with van der Waals surface area (Å²) in [6.07, 6.45) is 2.03. The number of amides is 4. The summed E-state index contributed by atoms with van der Waals surface area (Å²) < 4.78 is 10.2. The van der Waals surface area contributed by atoms with Crippen LogP contribution in [-0.4, -0.2) is 37.5 Å². The van der Waals surface area contributed by atoms with Gasteiger partial charge in [-0.25, -0.2) is 9.69 Å². The lowest BCUT2D eigenvalue weighted by Crippen LogP contribution is -2.54. The Morgan fingerprint density at radius 1 is 1.19 bits per heavy atom. The minimum absolute atomic E-state index is 0.01000. The number of ether oxygens (including phenoxy) is 2. The number of barbiturate groups is 1. The molecule has 1 aliphatic heterocycles. The summed E-state index contributed by atoms with van der Waals surface area (Å²) in [5.74, 6) is -3.08. The van der Waals surface area contributed by atoms with E-state index in [1.54, 1.807) is 24.3 Å². The Labute approximate surface area is 188 Å². The van der Waals surface area contributed by atoms with Crippen LogP contribution in [0.25, 0.3) is 6.08 Å².